The minimum Gasteiger partial charge on any atom is -0.483 e. The van der Waals surface area contributed by atoms with E-state index in [9.17, 15) is 14.7 Å². The number of aliphatic hydroxyl groups excluding tert-OH is 1. The van der Waals surface area contributed by atoms with Crippen LogP contribution in [0.15, 0.2) is 29.6 Å². The maximum atomic E-state index is 13.1. The van der Waals surface area contributed by atoms with E-state index in [0.29, 0.717) is 25.4 Å². The minimum atomic E-state index is -0.440. The smallest absolute Gasteiger partial charge is 0.290 e. The molecule has 4 atom stereocenters. The van der Waals surface area contributed by atoms with E-state index in [-0.39, 0.29) is 35.5 Å². The number of pyridine rings is 1. The second-order valence-corrected chi connectivity index (χ2v) is 8.36. The van der Waals surface area contributed by atoms with Gasteiger partial charge >= 0.3 is 0 Å². The average Bonchev–Trinajstić information content (AvgIpc) is 3.40. The molecule has 0 spiro atoms. The molecule has 1 aliphatic carbocycles. The third-order valence-electron chi connectivity index (χ3n) is 6.63. The second kappa shape index (κ2) is 9.47. The first-order valence-electron chi connectivity index (χ1n) is 10.5. The van der Waals surface area contributed by atoms with Crippen molar-refractivity contribution in [1.82, 2.24) is 19.0 Å². The van der Waals surface area contributed by atoms with Gasteiger partial charge in [-0.15, -0.1) is 0 Å². The van der Waals surface area contributed by atoms with Gasteiger partial charge in [-0.3, -0.25) is 14.4 Å². The van der Waals surface area contributed by atoms with Gasteiger partial charge in [-0.2, -0.15) is 0 Å². The zero-order valence-electron chi connectivity index (χ0n) is 18.1. The Morgan fingerprint density at radius 2 is 1.94 bits per heavy atom. The third kappa shape index (κ3) is 4.41. The van der Waals surface area contributed by atoms with Crippen LogP contribution in [0, 0.1) is 18.8 Å². The highest BCUT2D eigenvalue weighted by Gasteiger charge is 2.43. The Kier molecular flexibility index (Phi) is 6.94. The Labute approximate surface area is 180 Å². The number of hydrogen-bond acceptors (Lipinski definition) is 5. The summed E-state index contributed by atoms with van der Waals surface area (Å²) in [6.45, 7) is 4.95. The quantitative estimate of drug-likeness (QED) is 0.708. The number of likely N-dealkylation sites (tertiary alicyclic amines) is 1. The zero-order valence-corrected chi connectivity index (χ0v) is 18.1. The second-order valence-electron chi connectivity index (χ2n) is 8.36. The van der Waals surface area contributed by atoms with Crippen LogP contribution in [0.3, 0.4) is 0 Å². The number of carbonyl (C=O) groups excluding carboxylic acids is 1. The van der Waals surface area contributed by atoms with Crippen LogP contribution in [0.2, 0.25) is 0 Å². The van der Waals surface area contributed by atoms with Crippen molar-refractivity contribution in [2.75, 3.05) is 13.1 Å². The summed E-state index contributed by atoms with van der Waals surface area (Å²) in [7, 11) is 1.74. The molecule has 0 bridgehead atoms. The number of carbonyl (C=O) groups is 2. The predicted molar refractivity (Wildman–Crippen MR) is 114 cm³/mol. The summed E-state index contributed by atoms with van der Waals surface area (Å²) < 4.78 is 3.57. The largest absolute Gasteiger partial charge is 0.483 e. The normalized spacial score (nSPS) is 24.8. The highest BCUT2D eigenvalue weighted by atomic mass is 16.3. The fourth-order valence-electron chi connectivity index (χ4n) is 5.13. The molecule has 9 nitrogen and oxygen atoms in total. The molecule has 31 heavy (non-hydrogen) atoms. The highest BCUT2D eigenvalue weighted by Crippen LogP contribution is 2.41. The van der Waals surface area contributed by atoms with E-state index in [0.717, 1.165) is 24.1 Å². The van der Waals surface area contributed by atoms with Crippen LogP contribution in [0.25, 0.3) is 0 Å². The summed E-state index contributed by atoms with van der Waals surface area (Å²) in [5, 5.41) is 17.5. The van der Waals surface area contributed by atoms with Crippen LogP contribution in [0.1, 0.15) is 47.4 Å². The van der Waals surface area contributed by atoms with Gasteiger partial charge < -0.3 is 24.2 Å². The number of fused-ring (bicyclic) bond motifs is 1. The van der Waals surface area contributed by atoms with Gasteiger partial charge in [0.1, 0.15) is 5.56 Å². The van der Waals surface area contributed by atoms with Crippen LogP contribution < -0.4 is 5.56 Å². The van der Waals surface area contributed by atoms with Crippen molar-refractivity contribution in [2.24, 2.45) is 18.9 Å². The molecule has 1 saturated carbocycles. The van der Waals surface area contributed by atoms with E-state index in [1.165, 1.54) is 0 Å². The third-order valence-corrected chi connectivity index (χ3v) is 6.63. The van der Waals surface area contributed by atoms with Gasteiger partial charge in [0.15, 0.2) is 0 Å². The fraction of sp³-hybridized carbons (Fsp3) is 0.545. The van der Waals surface area contributed by atoms with Crippen LogP contribution in [-0.2, 0) is 18.3 Å². The number of carboxylic acid groups (broad SMARTS) is 1. The number of nitrogens with zero attached hydrogens (tertiary/aromatic N) is 4. The number of hydrogen-bond donors (Lipinski definition) is 2. The maximum absolute atomic E-state index is 13.1. The lowest BCUT2D eigenvalue weighted by atomic mass is 9.77. The van der Waals surface area contributed by atoms with Crippen LogP contribution in [0.4, 0.5) is 0 Å². The molecule has 2 aromatic rings. The van der Waals surface area contributed by atoms with Gasteiger partial charge in [0.05, 0.1) is 18.5 Å². The highest BCUT2D eigenvalue weighted by molar-refractivity contribution is 5.94. The van der Waals surface area contributed by atoms with E-state index in [1.54, 1.807) is 35.1 Å². The molecule has 0 radical (unpaired) electrons. The molecule has 2 fully saturated rings. The number of aryl methyl sites for hydroxylation is 1. The molecule has 168 valence electrons. The SMILES string of the molecule is CCc1c(C)cc(C(=O)N2C[C@H]3C[C@@H](n4ccnc4)[C@H](O)C[C@H]3C2)c(=O)n1C.O=CO. The summed E-state index contributed by atoms with van der Waals surface area (Å²) in [5.41, 5.74) is 1.96. The summed E-state index contributed by atoms with van der Waals surface area (Å²) in [4.78, 5) is 40.1. The Morgan fingerprint density at radius 1 is 1.29 bits per heavy atom. The molecule has 3 heterocycles. The number of rotatable bonds is 3. The Morgan fingerprint density at radius 3 is 2.52 bits per heavy atom. The van der Waals surface area contributed by atoms with Crippen molar-refractivity contribution >= 4 is 12.4 Å². The van der Waals surface area contributed by atoms with Gasteiger partial charge in [0.2, 0.25) is 0 Å². The van der Waals surface area contributed by atoms with Crippen LogP contribution in [-0.4, -0.2) is 60.8 Å². The van der Waals surface area contributed by atoms with Crippen molar-refractivity contribution in [3.05, 3.63) is 52.0 Å². The van der Waals surface area contributed by atoms with Crippen molar-refractivity contribution in [3.8, 4) is 0 Å². The first-order valence-corrected chi connectivity index (χ1v) is 10.5. The first kappa shape index (κ1) is 22.7. The lowest BCUT2D eigenvalue weighted by Gasteiger charge is -2.35. The Balaban J connectivity index is 0.000000858. The van der Waals surface area contributed by atoms with Crippen molar-refractivity contribution < 1.29 is 19.8 Å². The van der Waals surface area contributed by atoms with Gasteiger partial charge in [0.25, 0.3) is 17.9 Å². The van der Waals surface area contributed by atoms with E-state index < -0.39 is 6.10 Å². The van der Waals surface area contributed by atoms with Gasteiger partial charge in [-0.05, 0) is 49.7 Å². The molecule has 2 N–H and O–H groups in total. The Bertz CT molecular complexity index is 985. The van der Waals surface area contributed by atoms with E-state index >= 15 is 0 Å². The van der Waals surface area contributed by atoms with Crippen LogP contribution >= 0.6 is 0 Å². The summed E-state index contributed by atoms with van der Waals surface area (Å²) in [6.07, 6.45) is 7.15. The zero-order chi connectivity index (χ0) is 22.7. The van der Waals surface area contributed by atoms with Gasteiger partial charge in [-0.25, -0.2) is 4.98 Å². The lowest BCUT2D eigenvalue weighted by molar-refractivity contribution is -0.122. The summed E-state index contributed by atoms with van der Waals surface area (Å²) >= 11 is 0. The van der Waals surface area contributed by atoms with Gasteiger partial charge in [0, 0.05) is 38.2 Å². The van der Waals surface area contributed by atoms with Crippen molar-refractivity contribution in [1.29, 1.82) is 0 Å². The maximum Gasteiger partial charge on any atom is 0.290 e. The summed E-state index contributed by atoms with van der Waals surface area (Å²) in [6, 6.07) is 1.74. The molecule has 2 aliphatic rings. The lowest BCUT2D eigenvalue weighted by Crippen LogP contribution is -2.36. The summed E-state index contributed by atoms with van der Waals surface area (Å²) in [5.74, 6) is 0.424. The molecule has 1 amide bonds. The molecule has 1 saturated heterocycles. The number of aromatic nitrogens is 3. The van der Waals surface area contributed by atoms with Crippen LogP contribution in [0.5, 0.6) is 0 Å². The molecule has 9 heteroatoms. The number of amides is 1. The Hall–Kier alpha value is -2.94. The number of aliphatic hydroxyl groups is 1. The minimum absolute atomic E-state index is 0.00208. The molecule has 0 aromatic carbocycles. The van der Waals surface area contributed by atoms with E-state index in [1.807, 2.05) is 24.6 Å². The fourth-order valence-corrected chi connectivity index (χ4v) is 5.13. The van der Waals surface area contributed by atoms with E-state index in [4.69, 9.17) is 9.90 Å². The van der Waals surface area contributed by atoms with E-state index in [2.05, 4.69) is 4.98 Å². The monoisotopic (exact) mass is 430 g/mol. The van der Waals surface area contributed by atoms with Gasteiger partial charge in [-0.1, -0.05) is 6.92 Å². The molecule has 4 rings (SSSR count). The molecule has 0 unspecified atom stereocenters. The van der Waals surface area contributed by atoms with Crippen molar-refractivity contribution in [3.63, 3.8) is 0 Å². The standard InChI is InChI=1S/C21H28N4O3.CH2O2/c1-4-17-13(2)7-16(20(27)23(17)3)21(28)25-10-14-8-18(24-6-5-22-12-24)19(26)9-15(14)11-25;2-1-3/h5-7,12,14-15,18-19,26H,4,8-11H2,1-3H3;1H,(H,2,3)/t14-,15+,18-,19-;/m1./s1. The molecular formula is C22H30N4O5. The first-order chi connectivity index (χ1) is 14.8. The molecule has 1 aliphatic heterocycles. The molecule has 2 aromatic heterocycles. The van der Waals surface area contributed by atoms with Crippen molar-refractivity contribution in [2.45, 2.75) is 45.3 Å². The topological polar surface area (TPSA) is 118 Å². The number of imidazole rings is 1. The predicted octanol–water partition coefficient (Wildman–Crippen LogP) is 1.24. The average molecular weight is 431 g/mol. The molecular weight excluding hydrogens is 400 g/mol.